The van der Waals surface area contributed by atoms with Gasteiger partial charge in [0.05, 0.1) is 11.5 Å². The first-order valence-corrected chi connectivity index (χ1v) is 7.56. The highest BCUT2D eigenvalue weighted by atomic mass is 32.1. The fourth-order valence-electron chi connectivity index (χ4n) is 2.96. The molecule has 114 valence electrons. The molecule has 6 heteroatoms. The smallest absolute Gasteiger partial charge is 0.222 e. The average Bonchev–Trinajstić information content (AvgIpc) is 2.37. The lowest BCUT2D eigenvalue weighted by Gasteiger charge is -2.39. The number of carbonyl (C=O) groups excluding carboxylic acids is 1. The molecule has 0 spiro atoms. The molecule has 1 aromatic heterocycles. The summed E-state index contributed by atoms with van der Waals surface area (Å²) in [5, 5.41) is 0. The van der Waals surface area contributed by atoms with E-state index >= 15 is 0 Å². The van der Waals surface area contributed by atoms with Crippen molar-refractivity contribution in [3.8, 4) is 0 Å². The predicted octanol–water partition coefficient (Wildman–Crippen LogP) is 1.42. The second-order valence-corrected chi connectivity index (χ2v) is 6.26. The molecule has 1 amide bonds. The van der Waals surface area contributed by atoms with E-state index in [0.29, 0.717) is 11.5 Å². The third-order valence-corrected chi connectivity index (χ3v) is 4.33. The van der Waals surface area contributed by atoms with Crippen LogP contribution in [0.2, 0.25) is 0 Å². The van der Waals surface area contributed by atoms with Crippen LogP contribution >= 0.6 is 12.2 Å². The van der Waals surface area contributed by atoms with Crippen molar-refractivity contribution >= 4 is 28.9 Å². The Hall–Kier alpha value is -1.69. The van der Waals surface area contributed by atoms with Crippen LogP contribution < -0.4 is 16.4 Å². The quantitative estimate of drug-likeness (QED) is 0.825. The van der Waals surface area contributed by atoms with E-state index in [2.05, 4.69) is 16.8 Å². The largest absolute Gasteiger partial charge is 0.389 e. The van der Waals surface area contributed by atoms with Crippen LogP contribution in [-0.2, 0) is 4.79 Å². The molecule has 2 unspecified atom stereocenters. The molecule has 1 aromatic rings. The number of anilines is 1. The molecule has 0 radical (unpaired) electrons. The average molecular weight is 306 g/mol. The molecule has 1 fully saturated rings. The Kier molecular flexibility index (Phi) is 4.46. The van der Waals surface area contributed by atoms with Crippen molar-refractivity contribution in [2.45, 2.75) is 39.7 Å². The molecule has 2 heterocycles. The van der Waals surface area contributed by atoms with Crippen LogP contribution in [0.1, 0.15) is 36.6 Å². The third-order valence-electron chi connectivity index (χ3n) is 4.13. The first-order valence-electron chi connectivity index (χ1n) is 7.15. The number of carbonyl (C=O) groups is 1. The molecule has 1 aliphatic rings. The van der Waals surface area contributed by atoms with Gasteiger partial charge in [0.25, 0.3) is 0 Å². The lowest BCUT2D eigenvalue weighted by atomic mass is 9.92. The molecule has 1 saturated heterocycles. The maximum absolute atomic E-state index is 11.5. The SMILES string of the molecule is Cc1cc(C)c(C(N)=S)c(N2CC(C(N)=O)CCC2C)n1. The van der Waals surface area contributed by atoms with Gasteiger partial charge in [0.2, 0.25) is 5.91 Å². The van der Waals surface area contributed by atoms with Crippen molar-refractivity contribution in [2.24, 2.45) is 17.4 Å². The highest BCUT2D eigenvalue weighted by Crippen LogP contribution is 2.30. The predicted molar refractivity (Wildman–Crippen MR) is 88.3 cm³/mol. The number of rotatable bonds is 3. The van der Waals surface area contributed by atoms with Gasteiger partial charge < -0.3 is 16.4 Å². The maximum atomic E-state index is 11.5. The van der Waals surface area contributed by atoms with Crippen molar-refractivity contribution < 1.29 is 4.79 Å². The summed E-state index contributed by atoms with van der Waals surface area (Å²) in [5.41, 5.74) is 14.1. The summed E-state index contributed by atoms with van der Waals surface area (Å²) in [6.45, 7) is 6.62. The number of pyridine rings is 1. The molecule has 0 aliphatic carbocycles. The zero-order chi connectivity index (χ0) is 15.7. The van der Waals surface area contributed by atoms with Gasteiger partial charge >= 0.3 is 0 Å². The lowest BCUT2D eigenvalue weighted by molar-refractivity contribution is -0.122. The summed E-state index contributed by atoms with van der Waals surface area (Å²) in [7, 11) is 0. The van der Waals surface area contributed by atoms with Crippen molar-refractivity contribution in [1.82, 2.24) is 4.98 Å². The minimum atomic E-state index is -0.256. The summed E-state index contributed by atoms with van der Waals surface area (Å²) in [6.07, 6.45) is 1.72. The van der Waals surface area contributed by atoms with Crippen LogP contribution in [0.25, 0.3) is 0 Å². The van der Waals surface area contributed by atoms with Crippen LogP contribution in [-0.4, -0.2) is 28.5 Å². The maximum Gasteiger partial charge on any atom is 0.222 e. The van der Waals surface area contributed by atoms with Crippen LogP contribution in [0.5, 0.6) is 0 Å². The van der Waals surface area contributed by atoms with E-state index in [0.717, 1.165) is 35.5 Å². The third kappa shape index (κ3) is 3.15. The number of hydrogen-bond acceptors (Lipinski definition) is 4. The number of thiocarbonyl (C=S) groups is 1. The highest BCUT2D eigenvalue weighted by molar-refractivity contribution is 7.80. The lowest BCUT2D eigenvalue weighted by Crippen LogP contribution is -2.47. The van der Waals surface area contributed by atoms with Crippen LogP contribution in [0.3, 0.4) is 0 Å². The Balaban J connectivity index is 2.48. The van der Waals surface area contributed by atoms with Crippen molar-refractivity contribution in [3.05, 3.63) is 22.9 Å². The van der Waals surface area contributed by atoms with Gasteiger partial charge in [-0.3, -0.25) is 4.79 Å². The Morgan fingerprint density at radius 2 is 2.05 bits per heavy atom. The zero-order valence-electron chi connectivity index (χ0n) is 12.7. The van der Waals surface area contributed by atoms with Gasteiger partial charge in [0, 0.05) is 18.3 Å². The molecule has 21 heavy (non-hydrogen) atoms. The molecular weight excluding hydrogens is 284 g/mol. The zero-order valence-corrected chi connectivity index (χ0v) is 13.5. The van der Waals surface area contributed by atoms with E-state index in [-0.39, 0.29) is 17.9 Å². The number of nitrogens with two attached hydrogens (primary N) is 2. The molecule has 0 aromatic carbocycles. The van der Waals surface area contributed by atoms with Crippen molar-refractivity contribution in [1.29, 1.82) is 0 Å². The monoisotopic (exact) mass is 306 g/mol. The van der Waals surface area contributed by atoms with Gasteiger partial charge in [-0.2, -0.15) is 0 Å². The van der Waals surface area contributed by atoms with Crippen molar-refractivity contribution in [2.75, 3.05) is 11.4 Å². The van der Waals surface area contributed by atoms with Crippen LogP contribution in [0, 0.1) is 19.8 Å². The fraction of sp³-hybridized carbons (Fsp3) is 0.533. The second kappa shape index (κ2) is 5.97. The number of aromatic nitrogens is 1. The Bertz CT molecular complexity index is 587. The summed E-state index contributed by atoms with van der Waals surface area (Å²) < 4.78 is 0. The number of primary amides is 1. The van der Waals surface area contributed by atoms with E-state index in [4.69, 9.17) is 23.7 Å². The number of aryl methyl sites for hydroxylation is 2. The van der Waals surface area contributed by atoms with Crippen LogP contribution in [0.4, 0.5) is 5.82 Å². The van der Waals surface area contributed by atoms with E-state index in [1.165, 1.54) is 0 Å². The Morgan fingerprint density at radius 1 is 1.38 bits per heavy atom. The minimum Gasteiger partial charge on any atom is -0.389 e. The van der Waals surface area contributed by atoms with Gasteiger partial charge in [-0.1, -0.05) is 12.2 Å². The molecular formula is C15H22N4OS. The number of piperidine rings is 1. The summed E-state index contributed by atoms with van der Waals surface area (Å²) in [5.74, 6) is 0.370. The minimum absolute atomic E-state index is 0.150. The second-order valence-electron chi connectivity index (χ2n) is 5.82. The van der Waals surface area contributed by atoms with Gasteiger partial charge in [-0.15, -0.1) is 0 Å². The van der Waals surface area contributed by atoms with Crippen LogP contribution in [0.15, 0.2) is 6.07 Å². The standard InChI is InChI=1S/C15H22N4OS/c1-8-6-9(2)18-15(12(8)14(17)21)19-7-11(13(16)20)5-4-10(19)3/h6,10-11H,4-5,7H2,1-3H3,(H2,16,20)(H2,17,21). The fourth-order valence-corrected chi connectivity index (χ4v) is 3.22. The molecule has 4 N–H and O–H groups in total. The van der Waals surface area contributed by atoms with Crippen molar-refractivity contribution in [3.63, 3.8) is 0 Å². The van der Waals surface area contributed by atoms with Gasteiger partial charge in [0.1, 0.15) is 10.8 Å². The van der Waals surface area contributed by atoms with E-state index < -0.39 is 0 Å². The molecule has 0 saturated carbocycles. The van der Waals surface area contributed by atoms with Gasteiger partial charge in [-0.05, 0) is 45.2 Å². The number of nitrogens with zero attached hydrogens (tertiary/aromatic N) is 2. The molecule has 2 atom stereocenters. The van der Waals surface area contributed by atoms with Gasteiger partial charge in [-0.25, -0.2) is 4.98 Å². The summed E-state index contributed by atoms with van der Waals surface area (Å²) >= 11 is 5.19. The molecule has 5 nitrogen and oxygen atoms in total. The number of amides is 1. The van der Waals surface area contributed by atoms with E-state index in [9.17, 15) is 4.79 Å². The number of hydrogen-bond donors (Lipinski definition) is 2. The van der Waals surface area contributed by atoms with E-state index in [1.807, 2.05) is 19.9 Å². The molecule has 1 aliphatic heterocycles. The molecule has 0 bridgehead atoms. The summed E-state index contributed by atoms with van der Waals surface area (Å²) in [6, 6.07) is 2.25. The highest BCUT2D eigenvalue weighted by Gasteiger charge is 2.31. The van der Waals surface area contributed by atoms with E-state index in [1.54, 1.807) is 0 Å². The Morgan fingerprint density at radius 3 is 2.62 bits per heavy atom. The normalized spacial score (nSPS) is 22.1. The first kappa shape index (κ1) is 15.7. The first-order chi connectivity index (χ1) is 9.81. The Labute approximate surface area is 130 Å². The molecule has 2 rings (SSSR count). The van der Waals surface area contributed by atoms with Gasteiger partial charge in [0.15, 0.2) is 0 Å². The summed E-state index contributed by atoms with van der Waals surface area (Å²) in [4.78, 5) is 18.6. The topological polar surface area (TPSA) is 85.2 Å².